The van der Waals surface area contributed by atoms with Gasteiger partial charge in [0.25, 0.3) is 0 Å². The van der Waals surface area contributed by atoms with Gasteiger partial charge in [0.05, 0.1) is 6.61 Å². The normalized spacial score (nSPS) is 11.4. The van der Waals surface area contributed by atoms with Crippen LogP contribution in [0.2, 0.25) is 0 Å². The Balaban J connectivity index is 0. The largest absolute Gasteiger partial charge is 0.465 e. The minimum absolute atomic E-state index is 0. The van der Waals surface area contributed by atoms with E-state index in [1.54, 1.807) is 0 Å². The molecule has 0 aromatic rings. The first-order valence-corrected chi connectivity index (χ1v) is 5.75. The molecule has 3 nitrogen and oxygen atoms in total. The third-order valence-corrected chi connectivity index (χ3v) is 2.42. The van der Waals surface area contributed by atoms with E-state index in [-0.39, 0.29) is 33.3 Å². The standard InChI is InChI=1S/C12H22O3.Mo/c1-4-6-7-11(5-2)9-15-12(14)8-10(3)13;/h11H,4-9H2,1-3H3;. The predicted octanol–water partition coefficient (Wildman–Crippen LogP) is 2.72. The van der Waals surface area contributed by atoms with Gasteiger partial charge >= 0.3 is 5.97 Å². The molecule has 0 aromatic heterocycles. The average molecular weight is 310 g/mol. The second-order valence-corrected chi connectivity index (χ2v) is 3.98. The molecule has 0 radical (unpaired) electrons. The van der Waals surface area contributed by atoms with Gasteiger partial charge in [-0.05, 0) is 19.3 Å². The van der Waals surface area contributed by atoms with E-state index < -0.39 is 5.97 Å². The Morgan fingerprint density at radius 1 is 1.25 bits per heavy atom. The summed E-state index contributed by atoms with van der Waals surface area (Å²) in [7, 11) is 0. The Morgan fingerprint density at radius 2 is 1.88 bits per heavy atom. The number of hydrogen-bond donors (Lipinski definition) is 0. The maximum absolute atomic E-state index is 11.1. The first kappa shape index (κ1) is 18.2. The molecule has 0 bridgehead atoms. The van der Waals surface area contributed by atoms with Crippen LogP contribution in [0.25, 0.3) is 0 Å². The van der Waals surface area contributed by atoms with Crippen LogP contribution < -0.4 is 0 Å². The second-order valence-electron chi connectivity index (χ2n) is 3.98. The number of carbonyl (C=O) groups excluding carboxylic acids is 2. The number of Topliss-reactive ketones (excluding diaryl/α,β-unsaturated/α-hetero) is 1. The van der Waals surface area contributed by atoms with Gasteiger partial charge in [-0.15, -0.1) is 0 Å². The molecular formula is C12H22MoO3. The van der Waals surface area contributed by atoms with Crippen molar-refractivity contribution in [3.8, 4) is 0 Å². The first-order valence-electron chi connectivity index (χ1n) is 5.75. The van der Waals surface area contributed by atoms with Gasteiger partial charge in [0.2, 0.25) is 0 Å². The Hall–Kier alpha value is -0.172. The maximum Gasteiger partial charge on any atom is 0.313 e. The van der Waals surface area contributed by atoms with Crippen LogP contribution in [0.15, 0.2) is 0 Å². The Morgan fingerprint density at radius 3 is 2.31 bits per heavy atom. The van der Waals surface area contributed by atoms with Crippen LogP contribution in [0.1, 0.15) is 52.9 Å². The van der Waals surface area contributed by atoms with Crippen molar-refractivity contribution in [3.63, 3.8) is 0 Å². The zero-order valence-electron chi connectivity index (χ0n) is 10.5. The molecule has 0 aliphatic carbocycles. The second kappa shape index (κ2) is 11.3. The zero-order chi connectivity index (χ0) is 11.7. The van der Waals surface area contributed by atoms with Gasteiger partial charge in [-0.2, -0.15) is 0 Å². The molecule has 4 heteroatoms. The van der Waals surface area contributed by atoms with Crippen molar-refractivity contribution in [2.45, 2.75) is 52.9 Å². The van der Waals surface area contributed by atoms with Gasteiger partial charge in [0, 0.05) is 21.1 Å². The molecule has 16 heavy (non-hydrogen) atoms. The van der Waals surface area contributed by atoms with Crippen LogP contribution >= 0.6 is 0 Å². The molecule has 0 amide bonds. The number of esters is 1. The molecule has 1 atom stereocenters. The molecule has 0 aliphatic heterocycles. The minimum atomic E-state index is -0.391. The molecule has 0 fully saturated rings. The average Bonchev–Trinajstić information content (AvgIpc) is 2.17. The number of ether oxygens (including phenoxy) is 1. The monoisotopic (exact) mass is 312 g/mol. The molecule has 0 saturated carbocycles. The van der Waals surface area contributed by atoms with E-state index in [0.717, 1.165) is 19.3 Å². The van der Waals surface area contributed by atoms with Crippen LogP contribution in [-0.4, -0.2) is 18.4 Å². The molecule has 0 aliphatic rings. The van der Waals surface area contributed by atoms with Crippen molar-refractivity contribution in [1.82, 2.24) is 0 Å². The Kier molecular flexibility index (Phi) is 12.9. The summed E-state index contributed by atoms with van der Waals surface area (Å²) < 4.78 is 5.04. The van der Waals surface area contributed by atoms with Crippen molar-refractivity contribution in [3.05, 3.63) is 0 Å². The third-order valence-electron chi connectivity index (χ3n) is 2.42. The van der Waals surface area contributed by atoms with Crippen LogP contribution in [0.3, 0.4) is 0 Å². The van der Waals surface area contributed by atoms with Gasteiger partial charge in [0.1, 0.15) is 12.2 Å². The molecule has 0 N–H and O–H groups in total. The van der Waals surface area contributed by atoms with Crippen molar-refractivity contribution in [1.29, 1.82) is 0 Å². The van der Waals surface area contributed by atoms with Gasteiger partial charge < -0.3 is 4.74 Å². The molecule has 0 aromatic carbocycles. The predicted molar refractivity (Wildman–Crippen MR) is 59.6 cm³/mol. The van der Waals surface area contributed by atoms with E-state index in [2.05, 4.69) is 13.8 Å². The topological polar surface area (TPSA) is 43.4 Å². The van der Waals surface area contributed by atoms with Crippen LogP contribution in [0.4, 0.5) is 0 Å². The molecule has 0 heterocycles. The van der Waals surface area contributed by atoms with E-state index in [1.807, 2.05) is 0 Å². The summed E-state index contributed by atoms with van der Waals surface area (Å²) in [6.07, 6.45) is 4.36. The van der Waals surface area contributed by atoms with Crippen molar-refractivity contribution >= 4 is 11.8 Å². The Labute approximate surface area is 113 Å². The van der Waals surface area contributed by atoms with Crippen LogP contribution in [0, 0.1) is 5.92 Å². The van der Waals surface area contributed by atoms with E-state index in [1.165, 1.54) is 13.3 Å². The number of rotatable bonds is 8. The fraction of sp³-hybridized carbons (Fsp3) is 0.833. The summed E-state index contributed by atoms with van der Waals surface area (Å²) in [5.74, 6) is -0.0834. The molecule has 0 spiro atoms. The van der Waals surface area contributed by atoms with Crippen molar-refractivity contribution in [2.75, 3.05) is 6.61 Å². The number of hydrogen-bond acceptors (Lipinski definition) is 3. The van der Waals surface area contributed by atoms with E-state index >= 15 is 0 Å². The molecule has 0 saturated heterocycles. The van der Waals surface area contributed by atoms with Crippen molar-refractivity contribution < 1.29 is 35.4 Å². The van der Waals surface area contributed by atoms with E-state index in [4.69, 9.17) is 4.74 Å². The summed E-state index contributed by atoms with van der Waals surface area (Å²) in [4.78, 5) is 21.7. The fourth-order valence-electron chi connectivity index (χ4n) is 1.36. The van der Waals surface area contributed by atoms with E-state index in [0.29, 0.717) is 12.5 Å². The van der Waals surface area contributed by atoms with Crippen LogP contribution in [0.5, 0.6) is 0 Å². The van der Waals surface area contributed by atoms with Crippen LogP contribution in [-0.2, 0) is 35.4 Å². The summed E-state index contributed by atoms with van der Waals surface area (Å²) in [5, 5.41) is 0. The summed E-state index contributed by atoms with van der Waals surface area (Å²) in [5.41, 5.74) is 0. The third kappa shape index (κ3) is 10.3. The van der Waals surface area contributed by atoms with Gasteiger partial charge in [0.15, 0.2) is 0 Å². The van der Waals surface area contributed by atoms with E-state index in [9.17, 15) is 9.59 Å². The maximum atomic E-state index is 11.1. The Bertz CT molecular complexity index is 204. The molecular weight excluding hydrogens is 288 g/mol. The quantitative estimate of drug-likeness (QED) is 0.393. The number of ketones is 1. The number of unbranched alkanes of at least 4 members (excludes halogenated alkanes) is 1. The van der Waals surface area contributed by atoms with Gasteiger partial charge in [-0.1, -0.05) is 33.1 Å². The minimum Gasteiger partial charge on any atom is -0.465 e. The van der Waals surface area contributed by atoms with Gasteiger partial charge in [-0.3, -0.25) is 9.59 Å². The summed E-state index contributed by atoms with van der Waals surface area (Å²) in [6.45, 7) is 6.10. The summed E-state index contributed by atoms with van der Waals surface area (Å²) >= 11 is 0. The zero-order valence-corrected chi connectivity index (χ0v) is 12.5. The van der Waals surface area contributed by atoms with Crippen molar-refractivity contribution in [2.24, 2.45) is 5.92 Å². The number of carbonyl (C=O) groups is 2. The smallest absolute Gasteiger partial charge is 0.313 e. The first-order chi connectivity index (χ1) is 7.10. The molecule has 1 unspecified atom stereocenters. The molecule has 94 valence electrons. The molecule has 0 rings (SSSR count). The SMILES string of the molecule is CCCCC(CC)COC(=O)CC(C)=O.[Mo]. The van der Waals surface area contributed by atoms with Gasteiger partial charge in [-0.25, -0.2) is 0 Å². The summed E-state index contributed by atoms with van der Waals surface area (Å²) in [6, 6.07) is 0. The fourth-order valence-corrected chi connectivity index (χ4v) is 1.36.